The molecule has 1 aromatic carbocycles. The fourth-order valence-corrected chi connectivity index (χ4v) is 2.51. The minimum absolute atomic E-state index is 0.240. The molecule has 0 spiro atoms. The summed E-state index contributed by atoms with van der Waals surface area (Å²) in [4.78, 5) is 22.5. The minimum atomic E-state index is -4.07. The highest BCUT2D eigenvalue weighted by molar-refractivity contribution is 7.90. The molecule has 0 unspecified atom stereocenters. The molecule has 11 heteroatoms. The highest BCUT2D eigenvalue weighted by Crippen LogP contribution is 2.19. The van der Waals surface area contributed by atoms with E-state index in [9.17, 15) is 28.6 Å². The smallest absolute Gasteiger partial charge is 0.358 e. The third-order valence-electron chi connectivity index (χ3n) is 2.36. The number of nitrogens with zero attached hydrogens (tertiary/aromatic N) is 4. The molecule has 1 heterocycles. The number of nitro benzene ring substituents is 1. The number of imidazole rings is 1. The topological polar surface area (TPSA) is 138 Å². The van der Waals surface area contributed by atoms with E-state index in [1.807, 2.05) is 0 Å². The van der Waals surface area contributed by atoms with Gasteiger partial charge in [0.1, 0.15) is 6.20 Å². The zero-order chi connectivity index (χ0) is 14.9. The Morgan fingerprint density at radius 2 is 1.65 bits per heavy atom. The molecule has 2 aromatic rings. The van der Waals surface area contributed by atoms with Crippen LogP contribution >= 0.6 is 0 Å². The molecule has 0 atom stereocenters. The Kier molecular flexibility index (Phi) is 3.19. The van der Waals surface area contributed by atoms with E-state index >= 15 is 0 Å². The second kappa shape index (κ2) is 4.70. The van der Waals surface area contributed by atoms with Gasteiger partial charge in [0, 0.05) is 12.1 Å². The van der Waals surface area contributed by atoms with Crippen LogP contribution < -0.4 is 0 Å². The third kappa shape index (κ3) is 2.33. The van der Waals surface area contributed by atoms with Crippen LogP contribution in [0.5, 0.6) is 0 Å². The molecular formula is C9H6N4O6S. The van der Waals surface area contributed by atoms with Gasteiger partial charge in [-0.15, -0.1) is 0 Å². The quantitative estimate of drug-likeness (QED) is 0.604. The summed E-state index contributed by atoms with van der Waals surface area (Å²) in [5.41, 5.74) is -0.263. The summed E-state index contributed by atoms with van der Waals surface area (Å²) in [5.74, 6) is -0.615. The number of hydrogen-bond donors (Lipinski definition) is 0. The maximum atomic E-state index is 12.1. The Morgan fingerprint density at radius 3 is 2.10 bits per heavy atom. The zero-order valence-electron chi connectivity index (χ0n) is 9.61. The third-order valence-corrected chi connectivity index (χ3v) is 3.98. The van der Waals surface area contributed by atoms with Crippen LogP contribution in [0, 0.1) is 20.2 Å². The molecule has 0 aliphatic heterocycles. The van der Waals surface area contributed by atoms with E-state index in [1.54, 1.807) is 0 Å². The zero-order valence-corrected chi connectivity index (χ0v) is 10.4. The van der Waals surface area contributed by atoms with Gasteiger partial charge in [-0.05, 0) is 22.0 Å². The van der Waals surface area contributed by atoms with Gasteiger partial charge < -0.3 is 10.1 Å². The van der Waals surface area contributed by atoms with Crippen LogP contribution in [0.15, 0.2) is 41.7 Å². The van der Waals surface area contributed by atoms with Crippen molar-refractivity contribution in [1.82, 2.24) is 8.96 Å². The number of hydrogen-bond acceptors (Lipinski definition) is 7. The number of benzene rings is 1. The average molecular weight is 298 g/mol. The summed E-state index contributed by atoms with van der Waals surface area (Å²) in [5, 5.41) is 20.9. The summed E-state index contributed by atoms with van der Waals surface area (Å²) in [6.07, 6.45) is 1.53. The molecule has 0 N–H and O–H groups in total. The van der Waals surface area contributed by atoms with Gasteiger partial charge in [-0.25, -0.2) is 12.4 Å². The summed E-state index contributed by atoms with van der Waals surface area (Å²) >= 11 is 0. The lowest BCUT2D eigenvalue weighted by molar-refractivity contribution is -0.389. The van der Waals surface area contributed by atoms with Gasteiger partial charge in [0.05, 0.1) is 9.82 Å². The number of nitro groups is 2. The predicted molar refractivity (Wildman–Crippen MR) is 64.6 cm³/mol. The molecule has 0 aliphatic rings. The van der Waals surface area contributed by atoms with Crippen molar-refractivity contribution in [2.24, 2.45) is 0 Å². The second-order valence-electron chi connectivity index (χ2n) is 3.57. The maximum Gasteiger partial charge on any atom is 0.382 e. The number of aromatic nitrogens is 2. The first-order valence-corrected chi connectivity index (χ1v) is 6.45. The van der Waals surface area contributed by atoms with Gasteiger partial charge in [-0.1, -0.05) is 0 Å². The normalized spacial score (nSPS) is 11.2. The molecule has 0 bridgehead atoms. The van der Waals surface area contributed by atoms with Crippen molar-refractivity contribution in [3.8, 4) is 0 Å². The van der Waals surface area contributed by atoms with E-state index in [2.05, 4.69) is 4.98 Å². The highest BCUT2D eigenvalue weighted by Gasteiger charge is 2.22. The SMILES string of the molecule is O=[N+]([O-])c1ccc(S(=O)(=O)n2cnc([N+](=O)[O-])c2)cc1. The van der Waals surface area contributed by atoms with E-state index in [1.165, 1.54) is 0 Å². The lowest BCUT2D eigenvalue weighted by atomic mass is 10.3. The fourth-order valence-electron chi connectivity index (χ4n) is 1.38. The Bertz CT molecular complexity index is 779. The molecule has 10 nitrogen and oxygen atoms in total. The molecule has 2 rings (SSSR count). The van der Waals surface area contributed by atoms with E-state index in [-0.39, 0.29) is 10.6 Å². The first-order valence-electron chi connectivity index (χ1n) is 5.01. The van der Waals surface area contributed by atoms with Crippen molar-refractivity contribution in [1.29, 1.82) is 0 Å². The Hall–Kier alpha value is -2.82. The molecule has 104 valence electrons. The van der Waals surface area contributed by atoms with Crippen LogP contribution in [0.3, 0.4) is 0 Å². The first kappa shape index (κ1) is 13.6. The second-order valence-corrected chi connectivity index (χ2v) is 5.42. The lowest BCUT2D eigenvalue weighted by Gasteiger charge is -2.02. The van der Waals surface area contributed by atoms with Crippen LogP contribution in [0.25, 0.3) is 0 Å². The maximum absolute atomic E-state index is 12.1. The Balaban J connectivity index is 2.43. The van der Waals surface area contributed by atoms with Crippen LogP contribution in [0.2, 0.25) is 0 Å². The summed E-state index contributed by atoms with van der Waals surface area (Å²) in [6.45, 7) is 0. The van der Waals surface area contributed by atoms with E-state index in [0.29, 0.717) is 3.97 Å². The van der Waals surface area contributed by atoms with Crippen molar-refractivity contribution >= 4 is 21.5 Å². The Labute approximate surface area is 111 Å². The largest absolute Gasteiger partial charge is 0.382 e. The van der Waals surface area contributed by atoms with Crippen LogP contribution in [0.1, 0.15) is 0 Å². The van der Waals surface area contributed by atoms with E-state index < -0.39 is 25.7 Å². The van der Waals surface area contributed by atoms with Crippen molar-refractivity contribution in [2.45, 2.75) is 4.90 Å². The van der Waals surface area contributed by atoms with Crippen molar-refractivity contribution in [2.75, 3.05) is 0 Å². The van der Waals surface area contributed by atoms with Crippen LogP contribution in [0.4, 0.5) is 11.5 Å². The van der Waals surface area contributed by atoms with Gasteiger partial charge in [-0.3, -0.25) is 10.1 Å². The standard InChI is InChI=1S/C9H6N4O6S/c14-12(15)7-1-3-8(4-2-7)20(18,19)11-5-9(10-6-11)13(16)17/h1-6H. The van der Waals surface area contributed by atoms with Crippen molar-refractivity contribution in [3.05, 3.63) is 57.0 Å². The first-order chi connectivity index (χ1) is 9.32. The van der Waals surface area contributed by atoms with Gasteiger partial charge in [0.2, 0.25) is 6.33 Å². The fraction of sp³-hybridized carbons (Fsp3) is 0. The molecule has 0 fully saturated rings. The van der Waals surface area contributed by atoms with E-state index in [0.717, 1.165) is 36.8 Å². The molecule has 1 aromatic heterocycles. The summed E-state index contributed by atoms with van der Waals surface area (Å²) in [7, 11) is -4.07. The summed E-state index contributed by atoms with van der Waals surface area (Å²) in [6, 6.07) is 4.13. The van der Waals surface area contributed by atoms with Crippen molar-refractivity contribution in [3.63, 3.8) is 0 Å². The summed E-state index contributed by atoms with van der Waals surface area (Å²) < 4.78 is 24.7. The monoisotopic (exact) mass is 298 g/mol. The lowest BCUT2D eigenvalue weighted by Crippen LogP contribution is -2.10. The molecule has 0 radical (unpaired) electrons. The molecule has 0 saturated carbocycles. The average Bonchev–Trinajstić information content (AvgIpc) is 2.89. The predicted octanol–water partition coefficient (Wildman–Crippen LogP) is 0.936. The molecule has 20 heavy (non-hydrogen) atoms. The Morgan fingerprint density at radius 1 is 1.05 bits per heavy atom. The van der Waals surface area contributed by atoms with Gasteiger partial charge in [0.15, 0.2) is 0 Å². The highest BCUT2D eigenvalue weighted by atomic mass is 32.2. The van der Waals surface area contributed by atoms with Gasteiger partial charge in [-0.2, -0.15) is 0 Å². The van der Waals surface area contributed by atoms with Crippen LogP contribution in [-0.4, -0.2) is 27.2 Å². The van der Waals surface area contributed by atoms with Gasteiger partial charge in [0.25, 0.3) is 15.7 Å². The molecule has 0 saturated heterocycles. The van der Waals surface area contributed by atoms with Gasteiger partial charge >= 0.3 is 5.82 Å². The van der Waals surface area contributed by atoms with Crippen molar-refractivity contribution < 1.29 is 18.3 Å². The molecular weight excluding hydrogens is 292 g/mol. The molecule has 0 amide bonds. The minimum Gasteiger partial charge on any atom is -0.358 e. The number of rotatable bonds is 4. The molecule has 0 aliphatic carbocycles. The number of non-ortho nitro benzene ring substituents is 1. The van der Waals surface area contributed by atoms with Crippen LogP contribution in [-0.2, 0) is 10.0 Å². The van der Waals surface area contributed by atoms with E-state index in [4.69, 9.17) is 0 Å².